The lowest BCUT2D eigenvalue weighted by Crippen LogP contribution is -2.54. The quantitative estimate of drug-likeness (QED) is 0.499. The Labute approximate surface area is 152 Å². The van der Waals surface area contributed by atoms with Crippen LogP contribution < -0.4 is 17.2 Å². The molecule has 0 saturated carbocycles. The Morgan fingerprint density at radius 1 is 0.880 bits per heavy atom. The van der Waals surface area contributed by atoms with Gasteiger partial charge in [0.2, 0.25) is 0 Å². The molecule has 0 amide bonds. The van der Waals surface area contributed by atoms with Gasteiger partial charge in [0, 0.05) is 44.7 Å². The molecule has 3 rings (SSSR count). The standard InChI is InChI=1S/C6H14N2O.C5H11NO.C4H9NO2.C2H6/c7-1-2-8-3-5-9-6-4-8;1-5(2-6)3-7-4-5;5-1-4(6)2-7-3-4;1-2/h1-7H2;2-4,6H2,1H3;6H,1-3,5H2;1-2H3. The molecule has 25 heavy (non-hydrogen) atoms. The lowest BCUT2D eigenvalue weighted by molar-refractivity contribution is -0.171. The van der Waals surface area contributed by atoms with Crippen LogP contribution in [0, 0.1) is 5.41 Å². The molecule has 0 spiro atoms. The summed E-state index contributed by atoms with van der Waals surface area (Å²) < 4.78 is 14.8. The van der Waals surface area contributed by atoms with Gasteiger partial charge >= 0.3 is 0 Å². The minimum atomic E-state index is -0.681. The summed E-state index contributed by atoms with van der Waals surface area (Å²) in [6.07, 6.45) is 0. The third-order valence-corrected chi connectivity index (χ3v) is 4.06. The highest BCUT2D eigenvalue weighted by molar-refractivity contribution is 4.85. The Morgan fingerprint density at radius 2 is 1.40 bits per heavy atom. The lowest BCUT2D eigenvalue weighted by Gasteiger charge is -2.36. The first kappa shape index (κ1) is 24.7. The van der Waals surface area contributed by atoms with E-state index in [2.05, 4.69) is 11.8 Å². The smallest absolute Gasteiger partial charge is 0.123 e. The lowest BCUT2D eigenvalue weighted by atomic mass is 9.89. The first-order valence-corrected chi connectivity index (χ1v) is 9.25. The Bertz CT molecular complexity index is 273. The number of ether oxygens (including phenoxy) is 3. The molecular formula is C17H40N4O4. The fourth-order valence-electron chi connectivity index (χ4n) is 2.03. The van der Waals surface area contributed by atoms with Crippen molar-refractivity contribution < 1.29 is 19.3 Å². The van der Waals surface area contributed by atoms with E-state index in [-0.39, 0.29) is 0 Å². The summed E-state index contributed by atoms with van der Waals surface area (Å²) in [5, 5.41) is 8.97. The van der Waals surface area contributed by atoms with E-state index in [0.29, 0.717) is 25.2 Å². The molecule has 3 fully saturated rings. The largest absolute Gasteiger partial charge is 0.384 e. The molecular weight excluding hydrogens is 324 g/mol. The van der Waals surface area contributed by atoms with E-state index >= 15 is 0 Å². The van der Waals surface area contributed by atoms with Crippen LogP contribution in [0.15, 0.2) is 0 Å². The number of aliphatic hydroxyl groups is 1. The minimum absolute atomic E-state index is 0.312. The van der Waals surface area contributed by atoms with E-state index in [9.17, 15) is 0 Å². The topological polar surface area (TPSA) is 129 Å². The molecule has 3 heterocycles. The van der Waals surface area contributed by atoms with Crippen LogP contribution in [-0.4, -0.2) is 94.5 Å². The number of nitrogens with two attached hydrogens (primary N) is 3. The molecule has 0 aliphatic carbocycles. The average Bonchev–Trinajstić information content (AvgIpc) is 2.62. The van der Waals surface area contributed by atoms with Crippen molar-refractivity contribution in [3.8, 4) is 0 Å². The van der Waals surface area contributed by atoms with Gasteiger partial charge in [0.05, 0.1) is 39.6 Å². The summed E-state index contributed by atoms with van der Waals surface area (Å²) in [7, 11) is 0. The fourth-order valence-corrected chi connectivity index (χ4v) is 2.03. The summed E-state index contributed by atoms with van der Waals surface area (Å²) in [4.78, 5) is 2.32. The van der Waals surface area contributed by atoms with Crippen LogP contribution in [0.4, 0.5) is 0 Å². The molecule has 3 saturated heterocycles. The molecule has 3 aliphatic heterocycles. The molecule has 0 bridgehead atoms. The van der Waals surface area contributed by atoms with Crippen LogP contribution in [0.5, 0.6) is 0 Å². The highest BCUT2D eigenvalue weighted by Crippen LogP contribution is 2.23. The molecule has 8 nitrogen and oxygen atoms in total. The number of hydrogen-bond acceptors (Lipinski definition) is 8. The summed E-state index contributed by atoms with van der Waals surface area (Å²) in [5.41, 5.74) is 15.5. The zero-order valence-corrected chi connectivity index (χ0v) is 16.3. The zero-order valence-electron chi connectivity index (χ0n) is 16.3. The number of hydrogen-bond donors (Lipinski definition) is 4. The summed E-state index contributed by atoms with van der Waals surface area (Å²) in [5.74, 6) is 0. The molecule has 7 N–H and O–H groups in total. The average molecular weight is 365 g/mol. The van der Waals surface area contributed by atoms with Gasteiger partial charge in [-0.2, -0.15) is 0 Å². The van der Waals surface area contributed by atoms with Crippen molar-refractivity contribution in [3.63, 3.8) is 0 Å². The Balaban J connectivity index is 0.000000332. The van der Waals surface area contributed by atoms with Gasteiger partial charge in [0.15, 0.2) is 0 Å². The third-order valence-electron chi connectivity index (χ3n) is 4.06. The van der Waals surface area contributed by atoms with E-state index < -0.39 is 5.60 Å². The van der Waals surface area contributed by atoms with Crippen molar-refractivity contribution in [1.82, 2.24) is 4.90 Å². The van der Waals surface area contributed by atoms with Crippen LogP contribution in [0.1, 0.15) is 20.8 Å². The number of morpholine rings is 1. The summed E-state index contributed by atoms with van der Waals surface area (Å²) in [6.45, 7) is 15.4. The van der Waals surface area contributed by atoms with Gasteiger partial charge in [-0.1, -0.05) is 20.8 Å². The van der Waals surface area contributed by atoms with Crippen LogP contribution in [0.25, 0.3) is 0 Å². The van der Waals surface area contributed by atoms with Crippen molar-refractivity contribution in [2.45, 2.75) is 26.4 Å². The number of rotatable bonds is 4. The molecule has 0 aromatic carbocycles. The molecule has 0 aromatic rings. The third kappa shape index (κ3) is 10.4. The monoisotopic (exact) mass is 364 g/mol. The molecule has 0 atom stereocenters. The molecule has 152 valence electrons. The normalized spacial score (nSPS) is 23.2. The van der Waals surface area contributed by atoms with Gasteiger partial charge in [-0.3, -0.25) is 4.90 Å². The van der Waals surface area contributed by atoms with Gasteiger partial charge in [0.25, 0.3) is 0 Å². The second-order valence-electron chi connectivity index (χ2n) is 6.67. The first-order valence-electron chi connectivity index (χ1n) is 9.25. The van der Waals surface area contributed by atoms with Gasteiger partial charge in [-0.25, -0.2) is 0 Å². The second kappa shape index (κ2) is 13.8. The van der Waals surface area contributed by atoms with Gasteiger partial charge in [-0.05, 0) is 0 Å². The predicted octanol–water partition coefficient (Wildman–Crippen LogP) is -1.01. The van der Waals surface area contributed by atoms with E-state index in [1.54, 1.807) is 0 Å². The predicted molar refractivity (Wildman–Crippen MR) is 100 cm³/mol. The Kier molecular flexibility index (Phi) is 13.7. The molecule has 0 radical (unpaired) electrons. The zero-order chi connectivity index (χ0) is 19.2. The Morgan fingerprint density at radius 3 is 1.60 bits per heavy atom. The SMILES string of the molecule is CC.CC1(CN)COC1.NCC1(O)COC1.NCCN1CCOCC1. The van der Waals surface area contributed by atoms with E-state index in [1.165, 1.54) is 0 Å². The van der Waals surface area contributed by atoms with E-state index in [0.717, 1.165) is 59.2 Å². The van der Waals surface area contributed by atoms with Crippen molar-refractivity contribution in [2.24, 2.45) is 22.6 Å². The fraction of sp³-hybridized carbons (Fsp3) is 1.00. The van der Waals surface area contributed by atoms with Crippen LogP contribution in [0.2, 0.25) is 0 Å². The van der Waals surface area contributed by atoms with Crippen molar-refractivity contribution in [3.05, 3.63) is 0 Å². The van der Waals surface area contributed by atoms with Gasteiger partial charge in [-0.15, -0.1) is 0 Å². The summed E-state index contributed by atoms with van der Waals surface area (Å²) in [6, 6.07) is 0. The molecule has 0 aromatic heterocycles. The highest BCUT2D eigenvalue weighted by Gasteiger charge is 2.34. The van der Waals surface area contributed by atoms with Crippen molar-refractivity contribution in [2.75, 3.05) is 78.9 Å². The molecule has 3 aliphatic rings. The van der Waals surface area contributed by atoms with Crippen LogP contribution in [0.3, 0.4) is 0 Å². The first-order chi connectivity index (χ1) is 12.0. The van der Waals surface area contributed by atoms with E-state index in [4.69, 9.17) is 36.5 Å². The van der Waals surface area contributed by atoms with Crippen LogP contribution in [-0.2, 0) is 14.2 Å². The maximum absolute atomic E-state index is 8.97. The number of nitrogens with zero attached hydrogens (tertiary/aromatic N) is 1. The van der Waals surface area contributed by atoms with Crippen LogP contribution >= 0.6 is 0 Å². The molecule has 0 unspecified atom stereocenters. The van der Waals surface area contributed by atoms with Crippen molar-refractivity contribution >= 4 is 0 Å². The van der Waals surface area contributed by atoms with E-state index in [1.807, 2.05) is 13.8 Å². The maximum atomic E-state index is 8.97. The van der Waals surface area contributed by atoms with Crippen molar-refractivity contribution in [1.29, 1.82) is 0 Å². The highest BCUT2D eigenvalue weighted by atomic mass is 16.5. The minimum Gasteiger partial charge on any atom is -0.384 e. The van der Waals surface area contributed by atoms with Gasteiger partial charge in [0.1, 0.15) is 5.60 Å². The maximum Gasteiger partial charge on any atom is 0.123 e. The molecule has 8 heteroatoms. The second-order valence-corrected chi connectivity index (χ2v) is 6.67. The summed E-state index contributed by atoms with van der Waals surface area (Å²) >= 11 is 0. The van der Waals surface area contributed by atoms with Gasteiger partial charge < -0.3 is 36.5 Å². The Hall–Kier alpha value is -0.320.